The molecule has 10 nitrogen and oxygen atoms in total. The average molecular weight is 399 g/mol. The summed E-state index contributed by atoms with van der Waals surface area (Å²) in [6.07, 6.45) is 1.28. The van der Waals surface area contributed by atoms with Crippen LogP contribution in [0.5, 0.6) is 0 Å². The summed E-state index contributed by atoms with van der Waals surface area (Å²) in [5.74, 6) is 6.04. The van der Waals surface area contributed by atoms with E-state index in [1.807, 2.05) is 4.57 Å². The number of carboxylic acid groups (broad SMARTS) is 1. The molecule has 0 aromatic carbocycles. The zero-order chi connectivity index (χ0) is 20.5. The van der Waals surface area contributed by atoms with E-state index >= 15 is 0 Å². The molecule has 29 heavy (non-hydrogen) atoms. The van der Waals surface area contributed by atoms with Crippen molar-refractivity contribution in [1.29, 1.82) is 0 Å². The third-order valence-electron chi connectivity index (χ3n) is 5.55. The molecular formula is C19H25N7O3. The molecule has 4 rings (SSSR count). The van der Waals surface area contributed by atoms with Crippen LogP contribution in [0.25, 0.3) is 11.2 Å². The summed E-state index contributed by atoms with van der Waals surface area (Å²) in [4.78, 5) is 38.0. The molecule has 0 radical (unpaired) electrons. The van der Waals surface area contributed by atoms with Crippen molar-refractivity contribution < 1.29 is 9.90 Å². The fourth-order valence-corrected chi connectivity index (χ4v) is 4.07. The molecule has 154 valence electrons. The highest BCUT2D eigenvalue weighted by Crippen LogP contribution is 2.26. The fraction of sp³-hybridized carbons (Fsp3) is 0.579. The Bertz CT molecular complexity index is 1060. The first kappa shape index (κ1) is 19.3. The van der Waals surface area contributed by atoms with Crippen molar-refractivity contribution in [3.8, 4) is 11.8 Å². The maximum atomic E-state index is 13.3. The number of imidazole rings is 1. The van der Waals surface area contributed by atoms with Gasteiger partial charge in [-0.05, 0) is 19.8 Å². The Morgan fingerprint density at radius 2 is 1.97 bits per heavy atom. The zero-order valence-corrected chi connectivity index (χ0v) is 16.7. The van der Waals surface area contributed by atoms with Crippen LogP contribution in [0.4, 0.5) is 11.9 Å². The predicted octanol–water partition coefficient (Wildman–Crippen LogP) is -0.384. The van der Waals surface area contributed by atoms with E-state index in [-0.39, 0.29) is 5.56 Å². The predicted molar refractivity (Wildman–Crippen MR) is 109 cm³/mol. The molecule has 2 aromatic rings. The number of hydrogen-bond donors (Lipinski definition) is 2. The van der Waals surface area contributed by atoms with Gasteiger partial charge in [0.2, 0.25) is 11.9 Å². The zero-order valence-electron chi connectivity index (χ0n) is 16.7. The summed E-state index contributed by atoms with van der Waals surface area (Å²) in [6, 6.07) is -0.675. The average Bonchev–Trinajstić information content (AvgIpc) is 3.34. The van der Waals surface area contributed by atoms with E-state index in [0.29, 0.717) is 42.6 Å². The second-order valence-electron chi connectivity index (χ2n) is 7.30. The van der Waals surface area contributed by atoms with E-state index < -0.39 is 12.0 Å². The third-order valence-corrected chi connectivity index (χ3v) is 5.55. The third kappa shape index (κ3) is 3.31. The van der Waals surface area contributed by atoms with Gasteiger partial charge in [-0.3, -0.25) is 13.9 Å². The SMILES string of the molecule is CC#CCn1c(N2CCNCC2)nc2nc(N3CCC[C@H]3C(=O)O)n(C)c(=O)c21. The lowest BCUT2D eigenvalue weighted by Crippen LogP contribution is -2.44. The first-order valence-corrected chi connectivity index (χ1v) is 9.85. The highest BCUT2D eigenvalue weighted by atomic mass is 16.4. The van der Waals surface area contributed by atoms with Crippen LogP contribution in [0.1, 0.15) is 19.8 Å². The number of piperazine rings is 1. The number of rotatable bonds is 4. The number of aliphatic carboxylic acids is 1. The van der Waals surface area contributed by atoms with Crippen molar-refractivity contribution in [1.82, 2.24) is 24.4 Å². The molecule has 0 unspecified atom stereocenters. The van der Waals surface area contributed by atoms with E-state index in [2.05, 4.69) is 32.0 Å². The first-order chi connectivity index (χ1) is 14.0. The van der Waals surface area contributed by atoms with Crippen molar-refractivity contribution in [3.05, 3.63) is 10.4 Å². The van der Waals surface area contributed by atoms with E-state index in [1.165, 1.54) is 4.57 Å². The Balaban J connectivity index is 1.88. The van der Waals surface area contributed by atoms with Gasteiger partial charge in [0.15, 0.2) is 11.2 Å². The molecule has 2 aromatic heterocycles. The molecule has 0 bridgehead atoms. The highest BCUT2D eigenvalue weighted by molar-refractivity contribution is 5.80. The minimum atomic E-state index is -0.901. The van der Waals surface area contributed by atoms with Gasteiger partial charge in [-0.1, -0.05) is 5.92 Å². The van der Waals surface area contributed by atoms with Gasteiger partial charge in [0, 0.05) is 39.8 Å². The number of anilines is 2. The van der Waals surface area contributed by atoms with Crippen molar-refractivity contribution in [3.63, 3.8) is 0 Å². The number of hydrogen-bond acceptors (Lipinski definition) is 7. The molecule has 0 saturated carbocycles. The van der Waals surface area contributed by atoms with Gasteiger partial charge in [-0.25, -0.2) is 4.79 Å². The Morgan fingerprint density at radius 3 is 2.66 bits per heavy atom. The molecule has 10 heteroatoms. The molecule has 2 saturated heterocycles. The standard InChI is InChI=1S/C19H25N7O3/c1-3-4-9-26-14-15(22-19(26)24-11-7-20-8-12-24)21-18(23(2)16(14)27)25-10-5-6-13(25)17(28)29/h13,20H,5-12H2,1-2H3,(H,28,29)/t13-/m0/s1. The largest absolute Gasteiger partial charge is 0.480 e. The van der Waals surface area contributed by atoms with Crippen LogP contribution >= 0.6 is 0 Å². The lowest BCUT2D eigenvalue weighted by molar-refractivity contribution is -0.138. The second kappa shape index (κ2) is 7.75. The second-order valence-corrected chi connectivity index (χ2v) is 7.30. The number of carboxylic acids is 1. The van der Waals surface area contributed by atoms with Gasteiger partial charge in [0.25, 0.3) is 5.56 Å². The summed E-state index contributed by atoms with van der Waals surface area (Å²) in [5, 5.41) is 12.8. The normalized spacial score (nSPS) is 19.4. The van der Waals surface area contributed by atoms with Gasteiger partial charge in [0.1, 0.15) is 6.04 Å². The topological polar surface area (TPSA) is 109 Å². The van der Waals surface area contributed by atoms with Crippen molar-refractivity contribution >= 4 is 29.0 Å². The quantitative estimate of drug-likeness (QED) is 0.670. The Morgan fingerprint density at radius 1 is 1.24 bits per heavy atom. The van der Waals surface area contributed by atoms with Gasteiger partial charge >= 0.3 is 5.97 Å². The van der Waals surface area contributed by atoms with Crippen LogP contribution in [0.3, 0.4) is 0 Å². The van der Waals surface area contributed by atoms with Crippen molar-refractivity contribution in [2.75, 3.05) is 42.5 Å². The van der Waals surface area contributed by atoms with Crippen molar-refractivity contribution in [2.24, 2.45) is 7.05 Å². The van der Waals surface area contributed by atoms with Crippen LogP contribution in [0.15, 0.2) is 4.79 Å². The molecule has 1 atom stereocenters. The van der Waals surface area contributed by atoms with E-state index in [0.717, 1.165) is 32.6 Å². The Labute approximate surface area is 168 Å². The van der Waals surface area contributed by atoms with Crippen LogP contribution in [0, 0.1) is 11.8 Å². The number of nitrogens with zero attached hydrogens (tertiary/aromatic N) is 6. The van der Waals surface area contributed by atoms with E-state index in [1.54, 1.807) is 18.9 Å². The number of carbonyl (C=O) groups is 1. The van der Waals surface area contributed by atoms with Gasteiger partial charge in [-0.2, -0.15) is 9.97 Å². The van der Waals surface area contributed by atoms with E-state index in [4.69, 9.17) is 0 Å². The molecule has 2 N–H and O–H groups in total. The summed E-state index contributed by atoms with van der Waals surface area (Å²) < 4.78 is 3.26. The molecular weight excluding hydrogens is 374 g/mol. The maximum Gasteiger partial charge on any atom is 0.326 e. The summed E-state index contributed by atoms with van der Waals surface area (Å²) in [5.41, 5.74) is 0.497. The van der Waals surface area contributed by atoms with Crippen LogP contribution in [0.2, 0.25) is 0 Å². The maximum absolute atomic E-state index is 13.3. The smallest absolute Gasteiger partial charge is 0.326 e. The fourth-order valence-electron chi connectivity index (χ4n) is 4.07. The van der Waals surface area contributed by atoms with Crippen LogP contribution in [-0.2, 0) is 18.4 Å². The minimum absolute atomic E-state index is 0.243. The number of nitrogens with one attached hydrogen (secondary N) is 1. The molecule has 0 spiro atoms. The molecule has 2 aliphatic rings. The van der Waals surface area contributed by atoms with E-state index in [9.17, 15) is 14.7 Å². The van der Waals surface area contributed by atoms with Gasteiger partial charge in [0.05, 0.1) is 6.54 Å². The molecule has 4 heterocycles. The molecule has 0 aliphatic carbocycles. The summed E-state index contributed by atoms with van der Waals surface area (Å²) in [6.45, 7) is 5.91. The van der Waals surface area contributed by atoms with Crippen molar-refractivity contribution in [2.45, 2.75) is 32.4 Å². The van der Waals surface area contributed by atoms with Gasteiger partial charge < -0.3 is 20.2 Å². The first-order valence-electron chi connectivity index (χ1n) is 9.85. The number of aromatic nitrogens is 4. The molecule has 2 aliphatic heterocycles. The molecule has 2 fully saturated rings. The monoisotopic (exact) mass is 399 g/mol. The number of fused-ring (bicyclic) bond motifs is 1. The van der Waals surface area contributed by atoms with Crippen LogP contribution < -0.4 is 20.7 Å². The molecule has 0 amide bonds. The minimum Gasteiger partial charge on any atom is -0.480 e. The lowest BCUT2D eigenvalue weighted by Gasteiger charge is -2.28. The highest BCUT2D eigenvalue weighted by Gasteiger charge is 2.34. The van der Waals surface area contributed by atoms with Crippen LogP contribution in [-0.4, -0.2) is 68.9 Å². The Hall–Kier alpha value is -3.06. The lowest BCUT2D eigenvalue weighted by atomic mass is 10.2. The summed E-state index contributed by atoms with van der Waals surface area (Å²) >= 11 is 0. The summed E-state index contributed by atoms with van der Waals surface area (Å²) in [7, 11) is 1.63. The Kier molecular flexibility index (Phi) is 5.15. The van der Waals surface area contributed by atoms with Gasteiger partial charge in [-0.15, -0.1) is 5.92 Å².